The van der Waals surface area contributed by atoms with E-state index in [1.54, 1.807) is 23.8 Å². The van der Waals surface area contributed by atoms with Crippen LogP contribution >= 0.6 is 11.6 Å². The molecule has 0 bridgehead atoms. The highest BCUT2D eigenvalue weighted by molar-refractivity contribution is 7.92. The number of rotatable bonds is 6. The molecule has 0 saturated heterocycles. The van der Waals surface area contributed by atoms with E-state index in [0.29, 0.717) is 34.7 Å². The molecule has 2 heterocycles. The van der Waals surface area contributed by atoms with Gasteiger partial charge in [0.25, 0.3) is 15.6 Å². The van der Waals surface area contributed by atoms with Crippen LogP contribution in [0.5, 0.6) is 0 Å². The van der Waals surface area contributed by atoms with Crippen molar-refractivity contribution in [1.82, 2.24) is 9.55 Å². The lowest BCUT2D eigenvalue weighted by molar-refractivity contribution is 0.297. The van der Waals surface area contributed by atoms with Crippen LogP contribution in [0.25, 0.3) is 16.6 Å². The molecule has 1 fully saturated rings. The molecule has 0 amide bonds. The molecule has 2 aliphatic rings. The number of methoxy groups -OCH3 is 1. The Labute approximate surface area is 195 Å². The summed E-state index contributed by atoms with van der Waals surface area (Å²) in [6, 6.07) is 7.43. The summed E-state index contributed by atoms with van der Waals surface area (Å²) in [6.45, 7) is 0. The standard InChI is InChI=1S/C23H22ClN3O5S/c1-31-21-12-17(14-3-2-4-14)18(24)13-20(21)27-19-7-6-16(11-15(19)5-8-22(27)28)33(29,30)26-23-25-9-10-32-23/h5-12,14,18H,2-4,13H2,1H3,(H,25,26). The number of alkyl halides is 1. The second-order valence-corrected chi connectivity index (χ2v) is 10.3. The van der Waals surface area contributed by atoms with Gasteiger partial charge in [0, 0.05) is 17.9 Å². The minimum atomic E-state index is -3.92. The minimum Gasteiger partial charge on any atom is -0.495 e. The van der Waals surface area contributed by atoms with E-state index in [1.165, 1.54) is 37.1 Å². The Morgan fingerprint density at radius 3 is 2.73 bits per heavy atom. The van der Waals surface area contributed by atoms with Gasteiger partial charge in [0.05, 0.1) is 34.8 Å². The van der Waals surface area contributed by atoms with Crippen LogP contribution in [0, 0.1) is 5.92 Å². The highest BCUT2D eigenvalue weighted by atomic mass is 35.5. The van der Waals surface area contributed by atoms with Crippen molar-refractivity contribution >= 4 is 44.2 Å². The lowest BCUT2D eigenvalue weighted by atomic mass is 9.76. The number of fused-ring (bicyclic) bond motifs is 1. The number of nitrogens with zero attached hydrogens (tertiary/aromatic N) is 2. The smallest absolute Gasteiger partial charge is 0.308 e. The number of sulfonamides is 1. The largest absolute Gasteiger partial charge is 0.495 e. The van der Waals surface area contributed by atoms with Gasteiger partial charge in [0.1, 0.15) is 12.0 Å². The van der Waals surface area contributed by atoms with Crippen LogP contribution in [0.3, 0.4) is 0 Å². The van der Waals surface area contributed by atoms with Crippen molar-refractivity contribution in [3.63, 3.8) is 0 Å². The van der Waals surface area contributed by atoms with Crippen molar-refractivity contribution in [3.8, 4) is 0 Å². The van der Waals surface area contributed by atoms with E-state index in [1.807, 2.05) is 6.08 Å². The highest BCUT2D eigenvalue weighted by Gasteiger charge is 2.32. The Hall–Kier alpha value is -3.04. The summed E-state index contributed by atoms with van der Waals surface area (Å²) in [5.41, 5.74) is 2.13. The summed E-state index contributed by atoms with van der Waals surface area (Å²) in [5, 5.41) is 0.351. The molecule has 3 aromatic rings. The first-order valence-electron chi connectivity index (χ1n) is 10.6. The third-order valence-electron chi connectivity index (χ3n) is 6.21. The van der Waals surface area contributed by atoms with Gasteiger partial charge in [-0.3, -0.25) is 9.36 Å². The maximum atomic E-state index is 12.9. The van der Waals surface area contributed by atoms with Gasteiger partial charge < -0.3 is 9.15 Å². The molecule has 2 aromatic heterocycles. The number of allylic oxidation sites excluding steroid dienone is 3. The molecule has 1 aromatic carbocycles. The summed E-state index contributed by atoms with van der Waals surface area (Å²) < 4.78 is 40.0. The normalized spacial score (nSPS) is 19.3. The number of halogens is 1. The lowest BCUT2D eigenvalue weighted by Gasteiger charge is -2.34. The van der Waals surface area contributed by atoms with Crippen LogP contribution < -0.4 is 10.3 Å². The van der Waals surface area contributed by atoms with E-state index < -0.39 is 10.0 Å². The van der Waals surface area contributed by atoms with Crippen molar-refractivity contribution in [2.45, 2.75) is 36.0 Å². The SMILES string of the molecule is COC1=C(n2c(=O)ccc3cc(S(=O)(=O)Nc4ncco4)ccc32)CC(Cl)C(C2CCC2)=C1. The van der Waals surface area contributed by atoms with Crippen LogP contribution in [0.1, 0.15) is 25.7 Å². The maximum Gasteiger partial charge on any atom is 0.308 e. The van der Waals surface area contributed by atoms with E-state index in [9.17, 15) is 13.2 Å². The van der Waals surface area contributed by atoms with Gasteiger partial charge in [-0.2, -0.15) is 0 Å². The van der Waals surface area contributed by atoms with E-state index in [4.69, 9.17) is 20.8 Å². The number of hydrogen-bond acceptors (Lipinski definition) is 6. The highest BCUT2D eigenvalue weighted by Crippen LogP contribution is 2.42. The Morgan fingerprint density at radius 1 is 1.24 bits per heavy atom. The van der Waals surface area contributed by atoms with Crippen molar-refractivity contribution in [3.05, 3.63) is 70.6 Å². The Morgan fingerprint density at radius 2 is 2.06 bits per heavy atom. The van der Waals surface area contributed by atoms with E-state index in [-0.39, 0.29) is 21.8 Å². The van der Waals surface area contributed by atoms with Crippen LogP contribution in [0.4, 0.5) is 6.01 Å². The van der Waals surface area contributed by atoms with Crippen molar-refractivity contribution in [2.75, 3.05) is 11.8 Å². The van der Waals surface area contributed by atoms with Gasteiger partial charge in [-0.25, -0.2) is 18.1 Å². The molecule has 1 atom stereocenters. The number of pyridine rings is 1. The molecular formula is C23H22ClN3O5S. The van der Waals surface area contributed by atoms with Crippen molar-refractivity contribution < 1.29 is 17.6 Å². The van der Waals surface area contributed by atoms with Gasteiger partial charge in [-0.05, 0) is 54.7 Å². The summed E-state index contributed by atoms with van der Waals surface area (Å²) >= 11 is 6.74. The molecule has 1 saturated carbocycles. The zero-order chi connectivity index (χ0) is 23.2. The number of oxazole rings is 1. The van der Waals surface area contributed by atoms with E-state index in [0.717, 1.165) is 18.4 Å². The minimum absolute atomic E-state index is 0.0189. The number of aromatic nitrogens is 2. The lowest BCUT2D eigenvalue weighted by Crippen LogP contribution is -2.28. The van der Waals surface area contributed by atoms with Crippen LogP contribution in [0.15, 0.2) is 74.3 Å². The van der Waals surface area contributed by atoms with Crippen molar-refractivity contribution in [1.29, 1.82) is 0 Å². The monoisotopic (exact) mass is 487 g/mol. The molecule has 1 N–H and O–H groups in total. The molecule has 0 radical (unpaired) electrons. The fourth-order valence-electron chi connectivity index (χ4n) is 4.32. The van der Waals surface area contributed by atoms with Crippen LogP contribution in [-0.4, -0.2) is 30.5 Å². The first-order chi connectivity index (χ1) is 15.9. The predicted molar refractivity (Wildman–Crippen MR) is 125 cm³/mol. The molecule has 33 heavy (non-hydrogen) atoms. The molecule has 172 valence electrons. The third-order valence-corrected chi connectivity index (χ3v) is 7.94. The maximum absolute atomic E-state index is 12.9. The van der Waals surface area contributed by atoms with Gasteiger partial charge in [0.2, 0.25) is 0 Å². The molecular weight excluding hydrogens is 466 g/mol. The van der Waals surface area contributed by atoms with Gasteiger partial charge in [-0.15, -0.1) is 11.6 Å². The first kappa shape index (κ1) is 21.8. The second kappa shape index (κ2) is 8.39. The summed E-state index contributed by atoms with van der Waals surface area (Å²) in [6.07, 6.45) is 8.46. The number of anilines is 1. The second-order valence-electron chi connectivity index (χ2n) is 8.13. The molecule has 2 aliphatic carbocycles. The molecule has 0 aliphatic heterocycles. The average Bonchev–Trinajstić information content (AvgIpc) is 3.25. The molecule has 1 unspecified atom stereocenters. The molecule has 10 heteroatoms. The predicted octanol–water partition coefficient (Wildman–Crippen LogP) is 4.34. The topological polar surface area (TPSA) is 103 Å². The van der Waals surface area contributed by atoms with E-state index >= 15 is 0 Å². The zero-order valence-corrected chi connectivity index (χ0v) is 19.4. The summed E-state index contributed by atoms with van der Waals surface area (Å²) in [5.74, 6) is 1.07. The Kier molecular flexibility index (Phi) is 5.54. The number of benzene rings is 1. The van der Waals surface area contributed by atoms with Crippen LogP contribution in [-0.2, 0) is 14.8 Å². The molecule has 8 nitrogen and oxygen atoms in total. The van der Waals surface area contributed by atoms with Crippen molar-refractivity contribution in [2.24, 2.45) is 5.92 Å². The van der Waals surface area contributed by atoms with Gasteiger partial charge in [0.15, 0.2) is 0 Å². The summed E-state index contributed by atoms with van der Waals surface area (Å²) in [7, 11) is -2.34. The zero-order valence-electron chi connectivity index (χ0n) is 17.8. The fourth-order valence-corrected chi connectivity index (χ4v) is 5.69. The quantitative estimate of drug-likeness (QED) is 0.518. The summed E-state index contributed by atoms with van der Waals surface area (Å²) in [4.78, 5) is 16.7. The number of ether oxygens (including phenoxy) is 1. The average molecular weight is 488 g/mol. The van der Waals surface area contributed by atoms with E-state index in [2.05, 4.69) is 9.71 Å². The molecule has 5 rings (SSSR count). The van der Waals surface area contributed by atoms with Gasteiger partial charge in [-0.1, -0.05) is 6.42 Å². The molecule has 0 spiro atoms. The Balaban J connectivity index is 1.60. The number of hydrogen-bond donors (Lipinski definition) is 1. The van der Waals surface area contributed by atoms with Crippen LogP contribution in [0.2, 0.25) is 0 Å². The fraction of sp³-hybridized carbons (Fsp3) is 0.304. The number of nitrogens with one attached hydrogen (secondary N) is 1. The third kappa shape index (κ3) is 3.95. The van der Waals surface area contributed by atoms with Gasteiger partial charge >= 0.3 is 6.01 Å². The first-order valence-corrected chi connectivity index (χ1v) is 12.5. The Bertz CT molecular complexity index is 1440.